The molecule has 6 heterocycles. The summed E-state index contributed by atoms with van der Waals surface area (Å²) >= 11 is 19.4. The molecule has 0 saturated carbocycles. The van der Waals surface area contributed by atoms with Gasteiger partial charge >= 0.3 is 26.9 Å². The molecular weight excluding hydrogens is 980 g/mol. The van der Waals surface area contributed by atoms with Crippen LogP contribution in [-0.2, 0) is 83.8 Å². The minimum absolute atomic E-state index is 0.0483. The van der Waals surface area contributed by atoms with Gasteiger partial charge in [0, 0.05) is 0 Å². The monoisotopic (exact) mass is 1020 g/mol. The first-order chi connectivity index (χ1) is 28.4. The molecule has 0 aromatic carbocycles. The lowest BCUT2D eigenvalue weighted by molar-refractivity contribution is -0.0549. The van der Waals surface area contributed by atoms with E-state index in [0.717, 1.165) is 12.7 Å². The number of fused-ring (bicyclic) bond motifs is 2. The molecule has 0 amide bonds. The lowest BCUT2D eigenvalue weighted by Crippen LogP contribution is -2.41. The number of aliphatic hydroxyl groups excluding tert-OH is 4. The quantitative estimate of drug-likeness (QED) is 0.0393. The van der Waals surface area contributed by atoms with Crippen molar-refractivity contribution >= 4 is 108 Å². The van der Waals surface area contributed by atoms with E-state index in [0.29, 0.717) is 0 Å². The third kappa shape index (κ3) is 12.1. The molecule has 2 aliphatic heterocycles. The first-order valence-electron chi connectivity index (χ1n) is 16.9. The van der Waals surface area contributed by atoms with E-state index in [1.54, 1.807) is 0 Å². The summed E-state index contributed by atoms with van der Waals surface area (Å²) in [6.45, 7) is -23.0. The van der Waals surface area contributed by atoms with Crippen LogP contribution in [-0.4, -0.2) is 165 Å². The van der Waals surface area contributed by atoms with E-state index < -0.39 is 121 Å². The van der Waals surface area contributed by atoms with Crippen LogP contribution in [0.4, 0.5) is 11.6 Å². The predicted molar refractivity (Wildman–Crippen MR) is 220 cm³/mol. The van der Waals surface area contributed by atoms with E-state index in [1.807, 2.05) is 0 Å². The van der Waals surface area contributed by atoms with Crippen LogP contribution in [0.15, 0.2) is 25.3 Å². The van der Waals surface area contributed by atoms with Gasteiger partial charge in [-0.3, -0.25) is 9.13 Å². The van der Waals surface area contributed by atoms with Crippen molar-refractivity contribution in [2.75, 3.05) is 51.1 Å². The molecule has 10 unspecified atom stereocenters. The average Bonchev–Trinajstić information content (AvgIpc) is 3.94. The maximum atomic E-state index is 11.0. The van der Waals surface area contributed by atoms with Crippen LogP contribution in [0.5, 0.6) is 0 Å². The minimum atomic E-state index is -4.50. The maximum Gasteiger partial charge on any atom is 0.324 e. The number of hydrogen-bond donors (Lipinski definition) is 12. The summed E-state index contributed by atoms with van der Waals surface area (Å²) in [6.07, 6.45) is -6.73. The van der Waals surface area contributed by atoms with Crippen LogP contribution in [0, 0.1) is 5.41 Å². The minimum Gasteiger partial charge on any atom is -0.387 e. The number of aromatic nitrogens is 8. The van der Waals surface area contributed by atoms with Gasteiger partial charge in [0.25, 0.3) is 0 Å². The lowest BCUT2D eigenvalue weighted by atomic mass is 9.93. The molecule has 340 valence electrons. The van der Waals surface area contributed by atoms with Gasteiger partial charge in [-0.05, 0) is 47.2 Å². The Morgan fingerprint density at radius 3 is 1.28 bits per heavy atom. The van der Waals surface area contributed by atoms with Gasteiger partial charge in [0.15, 0.2) is 35.4 Å². The fourth-order valence-electron chi connectivity index (χ4n) is 5.84. The molecule has 2 fully saturated rings. The average molecular weight is 1020 g/mol. The SMILES string of the molecule is Nc1ncnc2c1ncn2C1OC(COP(O)(=S)OCC(COP(O)(O)=S)(COP(O)(O)=S)COP(O)(=S)OCC2OC(n3cnc4c(N)ncnc43)C(O)C2O)C(O)C1O. The zero-order chi connectivity index (χ0) is 44.7. The van der Waals surface area contributed by atoms with Crippen molar-refractivity contribution in [1.29, 1.82) is 0 Å². The van der Waals surface area contributed by atoms with Gasteiger partial charge < -0.3 is 97.9 Å². The number of nitrogens with zero attached hydrogens (tertiary/aromatic N) is 8. The number of hydrogen-bond acceptors (Lipinski definition) is 24. The number of imidazole rings is 2. The van der Waals surface area contributed by atoms with Gasteiger partial charge in [0.05, 0.1) is 57.7 Å². The van der Waals surface area contributed by atoms with E-state index in [1.165, 1.54) is 21.8 Å². The largest absolute Gasteiger partial charge is 0.387 e. The number of nitrogens with two attached hydrogens (primary N) is 2. The number of aliphatic hydroxyl groups is 4. The smallest absolute Gasteiger partial charge is 0.324 e. The summed E-state index contributed by atoms with van der Waals surface area (Å²) in [7, 11) is 0. The number of nitrogen functional groups attached to an aromatic ring is 2. The Morgan fingerprint density at radius 2 is 0.918 bits per heavy atom. The van der Waals surface area contributed by atoms with E-state index in [2.05, 4.69) is 53.5 Å². The molecule has 4 aromatic rings. The van der Waals surface area contributed by atoms with Crippen molar-refractivity contribution in [2.45, 2.75) is 49.1 Å². The van der Waals surface area contributed by atoms with Crippen LogP contribution in [0.2, 0.25) is 0 Å². The summed E-state index contributed by atoms with van der Waals surface area (Å²) < 4.78 is 45.9. The fourth-order valence-corrected chi connectivity index (χ4v) is 9.42. The molecule has 0 bridgehead atoms. The van der Waals surface area contributed by atoms with E-state index in [4.69, 9.17) is 71.7 Å². The van der Waals surface area contributed by atoms with Gasteiger partial charge in [-0.2, -0.15) is 0 Å². The van der Waals surface area contributed by atoms with E-state index in [-0.39, 0.29) is 34.0 Å². The van der Waals surface area contributed by atoms with Crippen LogP contribution in [0.25, 0.3) is 22.3 Å². The van der Waals surface area contributed by atoms with Crippen LogP contribution < -0.4 is 11.5 Å². The molecule has 4 aromatic heterocycles. The van der Waals surface area contributed by atoms with Crippen molar-refractivity contribution in [3.8, 4) is 0 Å². The first kappa shape index (κ1) is 49.0. The highest BCUT2D eigenvalue weighted by Crippen LogP contribution is 2.51. The van der Waals surface area contributed by atoms with E-state index in [9.17, 15) is 49.8 Å². The molecule has 0 radical (unpaired) electrons. The van der Waals surface area contributed by atoms with Gasteiger partial charge in [-0.25, -0.2) is 29.9 Å². The molecule has 0 spiro atoms. The Hall–Kier alpha value is -1.42. The number of rotatable bonds is 20. The van der Waals surface area contributed by atoms with Crippen LogP contribution >= 0.6 is 26.9 Å². The number of anilines is 2. The Balaban J connectivity index is 1.12. The second kappa shape index (κ2) is 19.2. The lowest BCUT2D eigenvalue weighted by Gasteiger charge is -2.35. The zero-order valence-electron chi connectivity index (χ0n) is 30.6. The third-order valence-electron chi connectivity index (χ3n) is 8.95. The number of ether oxygens (including phenoxy) is 2. The maximum absolute atomic E-state index is 11.0. The summed E-state index contributed by atoms with van der Waals surface area (Å²) in [5.74, 6) is 0.0966. The summed E-state index contributed by atoms with van der Waals surface area (Å²) in [5, 5.41) is 43.1. The molecule has 14 N–H and O–H groups in total. The van der Waals surface area contributed by atoms with Crippen LogP contribution in [0.3, 0.4) is 0 Å². The molecule has 2 saturated heterocycles. The highest BCUT2D eigenvalue weighted by molar-refractivity contribution is 8.07. The molecule has 2 aliphatic rings. The molecule has 61 heavy (non-hydrogen) atoms. The molecule has 0 aliphatic carbocycles. The van der Waals surface area contributed by atoms with Crippen molar-refractivity contribution < 1.29 is 86.4 Å². The summed E-state index contributed by atoms with van der Waals surface area (Å²) in [4.78, 5) is 85.7. The summed E-state index contributed by atoms with van der Waals surface area (Å²) in [6, 6.07) is 0. The standard InChI is InChI=1S/C25H38N10O18P4S4/c26-19-13-21(30-7-28-19)34(9-32-13)23-17(38)15(36)11(52-23)1-46-56(44,60)50-5-25(3-48-54(40,41)58,4-49-55(42,43)59)6-51-57(45,61)47-2-12-16(37)18(39)24(53-12)35-10-33-14-20(27)29-8-31-22(14)35/h7-12,15-18,23-24,36-39H,1-6H2,(H,44,60)(H,45,61)(H2,26,28,30)(H2,27,29,31)(H2,40,41,58)(H2,42,43,59). The van der Waals surface area contributed by atoms with Crippen molar-refractivity contribution in [3.05, 3.63) is 25.3 Å². The Kier molecular flexibility index (Phi) is 15.4. The second-order valence-electron chi connectivity index (χ2n) is 13.4. The second-order valence-corrected chi connectivity index (χ2v) is 24.4. The van der Waals surface area contributed by atoms with Gasteiger partial charge in [0.1, 0.15) is 60.3 Å². The zero-order valence-corrected chi connectivity index (χ0v) is 37.4. The predicted octanol–water partition coefficient (Wildman–Crippen LogP) is -2.99. The highest BCUT2D eigenvalue weighted by Gasteiger charge is 2.47. The first-order valence-corrected chi connectivity index (χ1v) is 27.3. The van der Waals surface area contributed by atoms with Crippen molar-refractivity contribution in [3.63, 3.8) is 0 Å². The van der Waals surface area contributed by atoms with Gasteiger partial charge in [0.2, 0.25) is 0 Å². The highest BCUT2D eigenvalue weighted by atomic mass is 32.5. The normalized spacial score (nSPS) is 27.2. The molecule has 36 heteroatoms. The third-order valence-corrected chi connectivity index (χ3v) is 13.6. The fraction of sp³-hybridized carbons (Fsp3) is 0.600. The topological polar surface area (TPSA) is 415 Å². The molecular formula is C25H38N10O18P4S4. The van der Waals surface area contributed by atoms with E-state index >= 15 is 0 Å². The van der Waals surface area contributed by atoms with Crippen molar-refractivity contribution in [2.24, 2.45) is 5.41 Å². The summed E-state index contributed by atoms with van der Waals surface area (Å²) in [5.41, 5.74) is 10.4. The Labute approximate surface area is 363 Å². The van der Waals surface area contributed by atoms with Crippen LogP contribution in [0.1, 0.15) is 12.5 Å². The molecule has 28 nitrogen and oxygen atoms in total. The van der Waals surface area contributed by atoms with Gasteiger partial charge in [-0.15, -0.1) is 0 Å². The van der Waals surface area contributed by atoms with Gasteiger partial charge in [-0.1, -0.05) is 0 Å². The Bertz CT molecular complexity index is 2230. The molecule has 6 rings (SSSR count). The Morgan fingerprint density at radius 1 is 0.557 bits per heavy atom. The van der Waals surface area contributed by atoms with Crippen molar-refractivity contribution in [1.82, 2.24) is 39.0 Å². The molecule has 10 atom stereocenters.